The number of nitrogens with two attached hydrogens (primary N) is 1. The molecule has 0 bridgehead atoms. The summed E-state index contributed by atoms with van der Waals surface area (Å²) in [4.78, 5) is 11.3. The predicted octanol–water partition coefficient (Wildman–Crippen LogP) is -0.151. The van der Waals surface area contributed by atoms with Crippen molar-refractivity contribution in [3.63, 3.8) is 0 Å². The summed E-state index contributed by atoms with van der Waals surface area (Å²) in [6, 6.07) is 2.09. The zero-order valence-corrected chi connectivity index (χ0v) is 11.7. The van der Waals surface area contributed by atoms with Crippen LogP contribution in [0.5, 0.6) is 0 Å². The van der Waals surface area contributed by atoms with Crippen molar-refractivity contribution in [1.29, 1.82) is 0 Å². The van der Waals surface area contributed by atoms with Gasteiger partial charge in [0.15, 0.2) is 0 Å². The Morgan fingerprint density at radius 2 is 2.28 bits per heavy atom. The maximum Gasteiger partial charge on any atom is 0.253 e. The van der Waals surface area contributed by atoms with Gasteiger partial charge in [0.05, 0.1) is 4.34 Å². The van der Waals surface area contributed by atoms with Crippen molar-refractivity contribution < 1.29 is 13.2 Å². The maximum atomic E-state index is 12.4. The number of rotatable bonds is 3. The SMILES string of the molecule is NC(=O)C1CNCCN1S(=O)(=O)c1ccc(Cl)s1. The van der Waals surface area contributed by atoms with Crippen LogP contribution in [-0.4, -0.2) is 44.3 Å². The standard InChI is InChI=1S/C9H12ClN3O3S2/c10-7-1-2-8(17-7)18(15,16)13-4-3-12-5-6(13)9(11)14/h1-2,6,12H,3-5H2,(H2,11,14). The van der Waals surface area contributed by atoms with E-state index in [1.807, 2.05) is 0 Å². The largest absolute Gasteiger partial charge is 0.368 e. The molecule has 1 saturated heterocycles. The Kier molecular flexibility index (Phi) is 3.93. The molecular weight excluding hydrogens is 298 g/mol. The Labute approximate surface area is 114 Å². The molecule has 1 aromatic rings. The molecule has 1 fully saturated rings. The molecule has 1 aromatic heterocycles. The summed E-state index contributed by atoms with van der Waals surface area (Å²) in [7, 11) is -3.71. The van der Waals surface area contributed by atoms with Gasteiger partial charge in [-0.3, -0.25) is 4.79 Å². The second kappa shape index (κ2) is 5.14. The first-order valence-corrected chi connectivity index (χ1v) is 7.83. The van der Waals surface area contributed by atoms with Crippen molar-refractivity contribution in [2.45, 2.75) is 10.3 Å². The van der Waals surface area contributed by atoms with Gasteiger partial charge in [-0.15, -0.1) is 11.3 Å². The van der Waals surface area contributed by atoms with Gasteiger partial charge in [-0.2, -0.15) is 4.31 Å². The summed E-state index contributed by atoms with van der Waals surface area (Å²) in [6.45, 7) is 0.932. The zero-order valence-electron chi connectivity index (χ0n) is 9.30. The second-order valence-corrected chi connectivity index (χ2v) is 7.63. The van der Waals surface area contributed by atoms with E-state index >= 15 is 0 Å². The van der Waals surface area contributed by atoms with Gasteiger partial charge in [-0.25, -0.2) is 8.42 Å². The van der Waals surface area contributed by atoms with Gasteiger partial charge in [0.1, 0.15) is 10.3 Å². The first-order valence-electron chi connectivity index (χ1n) is 5.20. The summed E-state index contributed by atoms with van der Waals surface area (Å²) >= 11 is 6.70. The van der Waals surface area contributed by atoms with Crippen LogP contribution in [0.2, 0.25) is 4.34 Å². The van der Waals surface area contributed by atoms with Crippen LogP contribution < -0.4 is 11.1 Å². The normalized spacial score (nSPS) is 21.9. The maximum absolute atomic E-state index is 12.4. The molecule has 0 aliphatic carbocycles. The highest BCUT2D eigenvalue weighted by Gasteiger charge is 2.37. The van der Waals surface area contributed by atoms with Crippen molar-refractivity contribution in [3.8, 4) is 0 Å². The lowest BCUT2D eigenvalue weighted by Crippen LogP contribution is -2.58. The topological polar surface area (TPSA) is 92.5 Å². The monoisotopic (exact) mass is 309 g/mol. The van der Waals surface area contributed by atoms with E-state index in [-0.39, 0.29) is 17.3 Å². The van der Waals surface area contributed by atoms with Gasteiger partial charge >= 0.3 is 0 Å². The minimum Gasteiger partial charge on any atom is -0.368 e. The molecule has 2 rings (SSSR count). The van der Waals surface area contributed by atoms with Gasteiger partial charge in [0.25, 0.3) is 10.0 Å². The van der Waals surface area contributed by atoms with Gasteiger partial charge in [0, 0.05) is 19.6 Å². The molecule has 3 N–H and O–H groups in total. The van der Waals surface area contributed by atoms with E-state index in [4.69, 9.17) is 17.3 Å². The van der Waals surface area contributed by atoms with Gasteiger partial charge in [0.2, 0.25) is 5.91 Å². The van der Waals surface area contributed by atoms with E-state index in [0.29, 0.717) is 10.9 Å². The van der Waals surface area contributed by atoms with Crippen LogP contribution in [0, 0.1) is 0 Å². The fourth-order valence-electron chi connectivity index (χ4n) is 1.77. The number of hydrogen-bond acceptors (Lipinski definition) is 5. The van der Waals surface area contributed by atoms with Crippen molar-refractivity contribution in [2.75, 3.05) is 19.6 Å². The van der Waals surface area contributed by atoms with Crippen molar-refractivity contribution >= 4 is 38.9 Å². The van der Waals surface area contributed by atoms with E-state index in [9.17, 15) is 13.2 Å². The summed E-state index contributed by atoms with van der Waals surface area (Å²) in [6.07, 6.45) is 0. The summed E-state index contributed by atoms with van der Waals surface area (Å²) in [5.74, 6) is -0.659. The Balaban J connectivity index is 2.36. The lowest BCUT2D eigenvalue weighted by molar-refractivity contribution is -0.122. The molecule has 1 amide bonds. The molecule has 0 saturated carbocycles. The van der Waals surface area contributed by atoms with Crippen molar-refractivity contribution in [3.05, 3.63) is 16.5 Å². The van der Waals surface area contributed by atoms with E-state index in [0.717, 1.165) is 15.6 Å². The smallest absolute Gasteiger partial charge is 0.253 e. The fraction of sp³-hybridized carbons (Fsp3) is 0.444. The number of carbonyl (C=O) groups excluding carboxylic acids is 1. The molecule has 1 atom stereocenters. The number of amides is 1. The first-order chi connectivity index (χ1) is 8.43. The number of nitrogens with one attached hydrogen (secondary N) is 1. The highest BCUT2D eigenvalue weighted by Crippen LogP contribution is 2.29. The molecule has 100 valence electrons. The van der Waals surface area contributed by atoms with Crippen LogP contribution in [0.1, 0.15) is 0 Å². The third kappa shape index (κ3) is 2.52. The average Bonchev–Trinajstić information content (AvgIpc) is 2.76. The molecule has 18 heavy (non-hydrogen) atoms. The lowest BCUT2D eigenvalue weighted by Gasteiger charge is -2.32. The van der Waals surface area contributed by atoms with E-state index in [1.54, 1.807) is 0 Å². The Bertz CT molecular complexity index is 557. The van der Waals surface area contributed by atoms with Crippen LogP contribution >= 0.6 is 22.9 Å². The lowest BCUT2D eigenvalue weighted by atomic mass is 10.2. The molecule has 6 nitrogen and oxygen atoms in total. The number of hydrogen-bond donors (Lipinski definition) is 2. The third-order valence-corrected chi connectivity index (χ3v) is 6.24. The van der Waals surface area contributed by atoms with Gasteiger partial charge in [-0.1, -0.05) is 11.6 Å². The highest BCUT2D eigenvalue weighted by molar-refractivity contribution is 7.91. The Morgan fingerprint density at radius 3 is 2.83 bits per heavy atom. The highest BCUT2D eigenvalue weighted by atomic mass is 35.5. The Morgan fingerprint density at radius 1 is 1.56 bits per heavy atom. The van der Waals surface area contributed by atoms with E-state index in [2.05, 4.69) is 5.32 Å². The van der Waals surface area contributed by atoms with Crippen molar-refractivity contribution in [2.24, 2.45) is 5.73 Å². The minimum absolute atomic E-state index is 0.126. The minimum atomic E-state index is -3.71. The van der Waals surface area contributed by atoms with Crippen LogP contribution in [0.25, 0.3) is 0 Å². The molecular formula is C9H12ClN3O3S2. The summed E-state index contributed by atoms with van der Waals surface area (Å²) in [5, 5.41) is 2.95. The third-order valence-electron chi connectivity index (χ3n) is 2.63. The van der Waals surface area contributed by atoms with Gasteiger partial charge in [-0.05, 0) is 12.1 Å². The second-order valence-electron chi connectivity index (χ2n) is 3.80. The molecule has 9 heteroatoms. The van der Waals surface area contributed by atoms with Crippen LogP contribution in [0.3, 0.4) is 0 Å². The van der Waals surface area contributed by atoms with Crippen LogP contribution in [0.15, 0.2) is 16.3 Å². The van der Waals surface area contributed by atoms with E-state index < -0.39 is 22.0 Å². The summed E-state index contributed by atoms with van der Waals surface area (Å²) in [5.41, 5.74) is 5.23. The molecule has 1 aliphatic heterocycles. The molecule has 2 heterocycles. The van der Waals surface area contributed by atoms with E-state index in [1.165, 1.54) is 12.1 Å². The molecule has 1 unspecified atom stereocenters. The molecule has 1 aliphatic rings. The van der Waals surface area contributed by atoms with Gasteiger partial charge < -0.3 is 11.1 Å². The number of halogens is 1. The quantitative estimate of drug-likeness (QED) is 0.812. The number of carbonyl (C=O) groups is 1. The number of piperazine rings is 1. The van der Waals surface area contributed by atoms with Crippen LogP contribution in [-0.2, 0) is 14.8 Å². The molecule has 0 spiro atoms. The number of primary amides is 1. The molecule has 0 radical (unpaired) electrons. The first kappa shape index (κ1) is 13.8. The average molecular weight is 310 g/mol. The zero-order chi connectivity index (χ0) is 13.3. The Hall–Kier alpha value is -0.670. The number of thiophene rings is 1. The number of sulfonamides is 1. The molecule has 0 aromatic carbocycles. The van der Waals surface area contributed by atoms with Crippen LogP contribution in [0.4, 0.5) is 0 Å². The number of nitrogens with zero attached hydrogens (tertiary/aromatic N) is 1. The van der Waals surface area contributed by atoms with Crippen molar-refractivity contribution in [1.82, 2.24) is 9.62 Å². The fourth-order valence-corrected chi connectivity index (χ4v) is 4.98. The summed E-state index contributed by atoms with van der Waals surface area (Å²) < 4.78 is 26.4. The predicted molar refractivity (Wildman–Crippen MR) is 69.1 cm³/mol.